The van der Waals surface area contributed by atoms with Crippen LogP contribution in [0.2, 0.25) is 0 Å². The third kappa shape index (κ3) is 7.39. The van der Waals surface area contributed by atoms with Crippen LogP contribution in [0.25, 0.3) is 0 Å². The van der Waals surface area contributed by atoms with Crippen LogP contribution in [0.15, 0.2) is 18.2 Å². The van der Waals surface area contributed by atoms with Gasteiger partial charge in [0, 0.05) is 25.1 Å². The fraction of sp³-hybridized carbons (Fsp3) is 0.704. The van der Waals surface area contributed by atoms with Crippen LogP contribution in [0.3, 0.4) is 0 Å². The molecular formula is C27H42N3O8P. The van der Waals surface area contributed by atoms with Crippen LogP contribution in [-0.4, -0.2) is 63.1 Å². The van der Waals surface area contributed by atoms with Crippen LogP contribution in [0.5, 0.6) is 5.75 Å². The number of hydrogen-bond donors (Lipinski definition) is 3. The van der Waals surface area contributed by atoms with Gasteiger partial charge in [-0.1, -0.05) is 0 Å². The van der Waals surface area contributed by atoms with E-state index in [0.29, 0.717) is 24.3 Å². The lowest BCUT2D eigenvalue weighted by atomic mass is 9.69. The first-order valence-corrected chi connectivity index (χ1v) is 14.6. The lowest BCUT2D eigenvalue weighted by Gasteiger charge is -2.53. The van der Waals surface area contributed by atoms with E-state index in [1.165, 1.54) is 6.92 Å². The van der Waals surface area contributed by atoms with Crippen molar-refractivity contribution in [2.24, 2.45) is 11.7 Å². The topological polar surface area (TPSA) is 165 Å². The Morgan fingerprint density at radius 2 is 1.92 bits per heavy atom. The molecule has 218 valence electrons. The van der Waals surface area contributed by atoms with E-state index in [4.69, 9.17) is 24.3 Å². The number of ether oxygens (including phenoxy) is 2. The quantitative estimate of drug-likeness (QED) is 0.265. The number of likely N-dealkylation sites (tertiary alicyclic amines) is 1. The van der Waals surface area contributed by atoms with Crippen molar-refractivity contribution >= 4 is 13.7 Å². The maximum Gasteiger partial charge on any atom is 0.474 e. The number of nitrogens with two attached hydrogens (primary N) is 1. The molecule has 1 aromatic rings. The summed E-state index contributed by atoms with van der Waals surface area (Å²) >= 11 is 0. The minimum Gasteiger partial charge on any atom is -0.487 e. The Morgan fingerprint density at radius 1 is 1.26 bits per heavy atom. The molecule has 0 spiro atoms. The summed E-state index contributed by atoms with van der Waals surface area (Å²) < 4.78 is 36.0. The van der Waals surface area contributed by atoms with Crippen LogP contribution >= 0.6 is 7.82 Å². The minimum atomic E-state index is -4.62. The first-order valence-electron chi connectivity index (χ1n) is 13.1. The van der Waals surface area contributed by atoms with Gasteiger partial charge < -0.3 is 30.1 Å². The Bertz CT molecular complexity index is 1160. The monoisotopic (exact) mass is 567 g/mol. The van der Waals surface area contributed by atoms with Crippen LogP contribution in [0, 0.1) is 17.2 Å². The van der Waals surface area contributed by atoms with E-state index < -0.39 is 42.3 Å². The fourth-order valence-electron chi connectivity index (χ4n) is 5.73. The van der Waals surface area contributed by atoms with E-state index in [1.54, 1.807) is 32.0 Å². The van der Waals surface area contributed by atoms with Gasteiger partial charge in [0.05, 0.1) is 41.4 Å². The van der Waals surface area contributed by atoms with Crippen molar-refractivity contribution < 1.29 is 37.9 Å². The molecule has 0 aliphatic carbocycles. The average molecular weight is 568 g/mol. The van der Waals surface area contributed by atoms with E-state index in [9.17, 15) is 24.6 Å². The van der Waals surface area contributed by atoms with Gasteiger partial charge in [0.2, 0.25) is 5.91 Å². The average Bonchev–Trinajstić information content (AvgIpc) is 3.19. The number of aliphatic hydroxyl groups is 1. The second-order valence-corrected chi connectivity index (χ2v) is 13.6. The molecule has 4 atom stereocenters. The number of aliphatic hydroxyl groups excluding tert-OH is 1. The van der Waals surface area contributed by atoms with Crippen molar-refractivity contribution in [3.8, 4) is 11.8 Å². The van der Waals surface area contributed by atoms with Gasteiger partial charge in [0.1, 0.15) is 17.1 Å². The molecule has 1 fully saturated rings. The highest BCUT2D eigenvalue weighted by atomic mass is 31.2. The SMILES string of the molecule is CC(C)(CCO)OP(=O)(O)OC(C)(N)COC(C)(C)C1C(N2CCCC2=O)c2cc(C#N)ccc2OC1(C)C. The zero-order chi connectivity index (χ0) is 29.4. The van der Waals surface area contributed by atoms with Gasteiger partial charge in [0.15, 0.2) is 0 Å². The number of rotatable bonds is 11. The molecule has 2 aliphatic heterocycles. The highest BCUT2D eigenvalue weighted by Crippen LogP contribution is 2.54. The van der Waals surface area contributed by atoms with E-state index >= 15 is 0 Å². The van der Waals surface area contributed by atoms with Crippen LogP contribution < -0.4 is 10.5 Å². The Morgan fingerprint density at radius 3 is 2.49 bits per heavy atom. The van der Waals surface area contributed by atoms with Crippen molar-refractivity contribution in [2.75, 3.05) is 19.8 Å². The zero-order valence-corrected chi connectivity index (χ0v) is 24.8. The number of phosphoric acid groups is 1. The second-order valence-electron chi connectivity index (χ2n) is 12.3. The van der Waals surface area contributed by atoms with Gasteiger partial charge in [-0.15, -0.1) is 0 Å². The molecule has 1 saturated heterocycles. The summed E-state index contributed by atoms with van der Waals surface area (Å²) in [5.74, 6) is 0.194. The second kappa shape index (κ2) is 11.1. The standard InChI is InChI=1S/C27H42N3O8P/c1-24(2,12-14-31)37-39(33,34)38-27(7,29)17-35-25(3,4)23-22(30-13-8-9-21(30)32)19-15-18(16-28)10-11-20(19)36-26(23,5)6/h10-11,15,22-23,31H,8-9,12-14,17,29H2,1-7H3,(H,33,34). The summed E-state index contributed by atoms with van der Waals surface area (Å²) in [6, 6.07) is 6.92. The smallest absolute Gasteiger partial charge is 0.474 e. The van der Waals surface area contributed by atoms with Gasteiger partial charge >= 0.3 is 7.82 Å². The number of carbonyl (C=O) groups is 1. The third-order valence-electron chi connectivity index (χ3n) is 7.22. The van der Waals surface area contributed by atoms with Crippen LogP contribution in [0.1, 0.15) is 84.9 Å². The summed E-state index contributed by atoms with van der Waals surface area (Å²) in [6.45, 7) is 12.1. The van der Waals surface area contributed by atoms with Gasteiger partial charge in [-0.2, -0.15) is 5.26 Å². The Balaban J connectivity index is 1.90. The van der Waals surface area contributed by atoms with Crippen molar-refractivity contribution in [3.63, 3.8) is 0 Å². The lowest BCUT2D eigenvalue weighted by Crippen LogP contribution is -2.60. The van der Waals surface area contributed by atoms with Gasteiger partial charge in [-0.05, 0) is 79.5 Å². The Hall–Kier alpha value is -2.03. The largest absolute Gasteiger partial charge is 0.487 e. The van der Waals surface area contributed by atoms with E-state index in [0.717, 1.165) is 12.0 Å². The number of hydrogen-bond acceptors (Lipinski definition) is 9. The summed E-state index contributed by atoms with van der Waals surface area (Å²) in [5.41, 5.74) is 2.80. The van der Waals surface area contributed by atoms with Gasteiger partial charge in [-0.25, -0.2) is 4.57 Å². The van der Waals surface area contributed by atoms with Gasteiger partial charge in [0.25, 0.3) is 0 Å². The molecule has 0 radical (unpaired) electrons. The van der Waals surface area contributed by atoms with E-state index in [1.807, 2.05) is 32.6 Å². The number of phosphoric ester groups is 1. The van der Waals surface area contributed by atoms with Crippen molar-refractivity contribution in [3.05, 3.63) is 29.3 Å². The number of carbonyl (C=O) groups excluding carboxylic acids is 1. The van der Waals surface area contributed by atoms with Gasteiger partial charge in [-0.3, -0.25) is 13.8 Å². The summed E-state index contributed by atoms with van der Waals surface area (Å²) in [5, 5.41) is 18.7. The predicted octanol–water partition coefficient (Wildman–Crippen LogP) is 3.77. The van der Waals surface area contributed by atoms with Crippen molar-refractivity contribution in [1.82, 2.24) is 4.90 Å². The molecule has 2 heterocycles. The maximum absolute atomic E-state index is 13.0. The third-order valence-corrected chi connectivity index (χ3v) is 8.59. The minimum absolute atomic E-state index is 0.0164. The molecule has 2 aliphatic rings. The molecule has 12 heteroatoms. The van der Waals surface area contributed by atoms with Crippen molar-refractivity contribution in [1.29, 1.82) is 5.26 Å². The maximum atomic E-state index is 13.0. The Labute approximate surface area is 230 Å². The number of fused-ring (bicyclic) bond motifs is 1. The number of amides is 1. The molecule has 1 amide bonds. The molecular weight excluding hydrogens is 525 g/mol. The summed E-state index contributed by atoms with van der Waals surface area (Å²) in [6.07, 6.45) is 1.28. The molecule has 3 rings (SSSR count). The molecule has 39 heavy (non-hydrogen) atoms. The van der Waals surface area contributed by atoms with E-state index in [2.05, 4.69) is 6.07 Å². The number of benzene rings is 1. The first-order chi connectivity index (χ1) is 17.8. The molecule has 0 aromatic heterocycles. The van der Waals surface area contributed by atoms with E-state index in [-0.39, 0.29) is 25.5 Å². The molecule has 11 nitrogen and oxygen atoms in total. The summed E-state index contributed by atoms with van der Waals surface area (Å²) in [7, 11) is -4.62. The number of nitriles is 1. The van der Waals surface area contributed by atoms with Crippen molar-refractivity contribution in [2.45, 2.75) is 96.3 Å². The predicted molar refractivity (Wildman–Crippen MR) is 143 cm³/mol. The van der Waals surface area contributed by atoms with Crippen LogP contribution in [-0.2, 0) is 23.1 Å². The number of nitrogens with zero attached hydrogens (tertiary/aromatic N) is 2. The normalized spacial score (nSPS) is 24.3. The molecule has 0 bridgehead atoms. The fourth-order valence-corrected chi connectivity index (χ4v) is 7.06. The summed E-state index contributed by atoms with van der Waals surface area (Å²) in [4.78, 5) is 25.2. The Kier molecular flexibility index (Phi) is 8.96. The lowest BCUT2D eigenvalue weighted by molar-refractivity contribution is -0.179. The highest BCUT2D eigenvalue weighted by Gasteiger charge is 2.55. The molecule has 4 unspecified atom stereocenters. The van der Waals surface area contributed by atoms with Crippen LogP contribution in [0.4, 0.5) is 0 Å². The molecule has 1 aromatic carbocycles. The first kappa shape index (κ1) is 31.5. The zero-order valence-electron chi connectivity index (χ0n) is 23.9. The highest BCUT2D eigenvalue weighted by molar-refractivity contribution is 7.47. The molecule has 4 N–H and O–H groups in total. The molecule has 0 saturated carbocycles.